The zero-order valence-corrected chi connectivity index (χ0v) is 16.4. The summed E-state index contributed by atoms with van der Waals surface area (Å²) in [6.45, 7) is 2.98. The molecule has 8 heteroatoms. The number of hydrogen-bond acceptors (Lipinski definition) is 5. The van der Waals surface area contributed by atoms with E-state index in [4.69, 9.17) is 0 Å². The van der Waals surface area contributed by atoms with Crippen molar-refractivity contribution in [1.82, 2.24) is 9.21 Å². The normalized spacial score (nSPS) is 11.9. The van der Waals surface area contributed by atoms with Crippen LogP contribution in [0.15, 0.2) is 40.6 Å². The van der Waals surface area contributed by atoms with Gasteiger partial charge in [0.25, 0.3) is 0 Å². The number of thiophene rings is 1. The van der Waals surface area contributed by atoms with Crippen LogP contribution < -0.4 is 5.32 Å². The Kier molecular flexibility index (Phi) is 6.34. The molecule has 0 unspecified atom stereocenters. The summed E-state index contributed by atoms with van der Waals surface area (Å²) < 4.78 is 25.5. The number of benzene rings is 1. The molecule has 1 N–H and O–H groups in total. The zero-order chi connectivity index (χ0) is 18.6. The zero-order valence-electron chi connectivity index (χ0n) is 14.8. The molecule has 0 bridgehead atoms. The van der Waals surface area contributed by atoms with Crippen LogP contribution in [-0.2, 0) is 21.4 Å². The summed E-state index contributed by atoms with van der Waals surface area (Å²) in [5, 5.41) is 4.80. The van der Waals surface area contributed by atoms with Gasteiger partial charge < -0.3 is 5.32 Å². The van der Waals surface area contributed by atoms with Crippen LogP contribution in [0.1, 0.15) is 10.4 Å². The molecule has 2 aromatic rings. The Hall–Kier alpha value is -1.74. The predicted molar refractivity (Wildman–Crippen MR) is 101 cm³/mol. The number of carbonyl (C=O) groups is 1. The molecular weight excluding hydrogens is 358 g/mol. The number of nitrogens with one attached hydrogen (secondary N) is 1. The van der Waals surface area contributed by atoms with Crippen LogP contribution in [-0.4, -0.2) is 51.2 Å². The van der Waals surface area contributed by atoms with Crippen molar-refractivity contribution < 1.29 is 13.2 Å². The van der Waals surface area contributed by atoms with Gasteiger partial charge in [0, 0.05) is 31.2 Å². The van der Waals surface area contributed by atoms with Crippen molar-refractivity contribution in [3.05, 3.63) is 46.2 Å². The highest BCUT2D eigenvalue weighted by molar-refractivity contribution is 7.89. The van der Waals surface area contributed by atoms with Gasteiger partial charge in [0.05, 0.1) is 11.4 Å². The van der Waals surface area contributed by atoms with E-state index in [9.17, 15) is 13.2 Å². The fourth-order valence-corrected chi connectivity index (χ4v) is 4.19. The second-order valence-corrected chi connectivity index (χ2v) is 9.22. The third-order valence-electron chi connectivity index (χ3n) is 3.69. The molecule has 0 aliphatic carbocycles. The quantitative estimate of drug-likeness (QED) is 0.799. The Morgan fingerprint density at radius 3 is 2.52 bits per heavy atom. The van der Waals surface area contributed by atoms with Crippen molar-refractivity contribution in [3.8, 4) is 0 Å². The summed E-state index contributed by atoms with van der Waals surface area (Å²) in [6, 6.07) is 8.33. The van der Waals surface area contributed by atoms with Crippen molar-refractivity contribution in [1.29, 1.82) is 0 Å². The molecule has 0 aliphatic rings. The van der Waals surface area contributed by atoms with Crippen LogP contribution in [0.3, 0.4) is 0 Å². The van der Waals surface area contributed by atoms with Gasteiger partial charge in [0.2, 0.25) is 15.9 Å². The largest absolute Gasteiger partial charge is 0.325 e. The summed E-state index contributed by atoms with van der Waals surface area (Å²) in [7, 11) is 1.30. The van der Waals surface area contributed by atoms with E-state index in [1.54, 1.807) is 23.5 Å². The van der Waals surface area contributed by atoms with E-state index in [1.165, 1.54) is 36.7 Å². The van der Waals surface area contributed by atoms with E-state index in [-0.39, 0.29) is 17.3 Å². The number of anilines is 1. The number of hydrogen-bond donors (Lipinski definition) is 1. The monoisotopic (exact) mass is 381 g/mol. The molecule has 0 aliphatic heterocycles. The Balaban J connectivity index is 2.00. The summed E-state index contributed by atoms with van der Waals surface area (Å²) in [5.41, 5.74) is 1.69. The average molecular weight is 382 g/mol. The third-order valence-corrected chi connectivity index (χ3v) is 6.51. The minimum absolute atomic E-state index is 0.151. The van der Waals surface area contributed by atoms with Gasteiger partial charge in [-0.25, -0.2) is 12.7 Å². The maximum absolute atomic E-state index is 12.2. The van der Waals surface area contributed by atoms with Crippen molar-refractivity contribution >= 4 is 33.0 Å². The minimum Gasteiger partial charge on any atom is -0.325 e. The molecule has 6 nitrogen and oxygen atoms in total. The third kappa shape index (κ3) is 5.12. The van der Waals surface area contributed by atoms with Gasteiger partial charge in [-0.2, -0.15) is 0 Å². The van der Waals surface area contributed by atoms with Crippen LogP contribution in [0.5, 0.6) is 0 Å². The SMILES string of the molecule is Cc1ccsc1CN(C)CC(=O)Nc1cccc(S(=O)(=O)N(C)C)c1. The number of sulfonamides is 1. The minimum atomic E-state index is -3.52. The van der Waals surface area contributed by atoms with Gasteiger partial charge in [-0.15, -0.1) is 11.3 Å². The number of amides is 1. The van der Waals surface area contributed by atoms with E-state index >= 15 is 0 Å². The van der Waals surface area contributed by atoms with Crippen molar-refractivity contribution in [2.75, 3.05) is 33.0 Å². The van der Waals surface area contributed by atoms with E-state index < -0.39 is 10.0 Å². The molecule has 1 heterocycles. The topological polar surface area (TPSA) is 69.7 Å². The lowest BCUT2D eigenvalue weighted by Crippen LogP contribution is -2.30. The van der Waals surface area contributed by atoms with Gasteiger partial charge in [-0.1, -0.05) is 6.07 Å². The average Bonchev–Trinajstić information content (AvgIpc) is 2.92. The van der Waals surface area contributed by atoms with Gasteiger partial charge >= 0.3 is 0 Å². The van der Waals surface area contributed by atoms with Crippen molar-refractivity contribution in [3.63, 3.8) is 0 Å². The number of nitrogens with zero attached hydrogens (tertiary/aromatic N) is 2. The van der Waals surface area contributed by atoms with Gasteiger partial charge in [-0.05, 0) is 49.2 Å². The summed E-state index contributed by atoms with van der Waals surface area (Å²) in [4.78, 5) is 15.5. The molecule has 1 aromatic carbocycles. The number of aryl methyl sites for hydroxylation is 1. The summed E-state index contributed by atoms with van der Waals surface area (Å²) in [5.74, 6) is -0.184. The Morgan fingerprint density at radius 1 is 1.20 bits per heavy atom. The first-order valence-corrected chi connectivity index (χ1v) is 10.1. The highest BCUT2D eigenvalue weighted by atomic mass is 32.2. The molecule has 0 saturated carbocycles. The highest BCUT2D eigenvalue weighted by Gasteiger charge is 2.18. The van der Waals surface area contributed by atoms with E-state index in [1.807, 2.05) is 17.3 Å². The molecular formula is C17H23N3O3S2. The first-order valence-electron chi connectivity index (χ1n) is 7.74. The molecule has 1 amide bonds. The first kappa shape index (κ1) is 19.6. The molecule has 0 fully saturated rings. The van der Waals surface area contributed by atoms with Gasteiger partial charge in [-0.3, -0.25) is 9.69 Å². The fourth-order valence-electron chi connectivity index (χ4n) is 2.26. The standard InChI is InChI=1S/C17H23N3O3S2/c1-13-8-9-24-16(13)11-20(4)12-17(21)18-14-6-5-7-15(10-14)25(22,23)19(2)3/h5-10H,11-12H2,1-4H3,(H,18,21). The fraction of sp³-hybridized carbons (Fsp3) is 0.353. The number of likely N-dealkylation sites (N-methyl/N-ethyl adjacent to an activating group) is 1. The Labute approximate surface area is 153 Å². The van der Waals surface area contributed by atoms with Gasteiger partial charge in [0.15, 0.2) is 0 Å². The molecule has 0 atom stereocenters. The highest BCUT2D eigenvalue weighted by Crippen LogP contribution is 2.19. The van der Waals surface area contributed by atoms with E-state index in [2.05, 4.69) is 18.3 Å². The lowest BCUT2D eigenvalue weighted by molar-refractivity contribution is -0.117. The molecule has 2 rings (SSSR count). The number of carbonyl (C=O) groups excluding carboxylic acids is 1. The number of rotatable bonds is 7. The summed E-state index contributed by atoms with van der Waals surface area (Å²) >= 11 is 1.67. The van der Waals surface area contributed by atoms with Crippen molar-refractivity contribution in [2.45, 2.75) is 18.4 Å². The van der Waals surface area contributed by atoms with Gasteiger partial charge in [0.1, 0.15) is 0 Å². The van der Waals surface area contributed by atoms with Crippen molar-refractivity contribution in [2.24, 2.45) is 0 Å². The summed E-state index contributed by atoms with van der Waals surface area (Å²) in [6.07, 6.45) is 0. The van der Waals surface area contributed by atoms with Crippen LogP contribution in [0, 0.1) is 6.92 Å². The van der Waals surface area contributed by atoms with E-state index in [0.717, 1.165) is 4.31 Å². The van der Waals surface area contributed by atoms with Crippen LogP contribution in [0.2, 0.25) is 0 Å². The van der Waals surface area contributed by atoms with Crippen LogP contribution in [0.4, 0.5) is 5.69 Å². The predicted octanol–water partition coefficient (Wildman–Crippen LogP) is 2.38. The lowest BCUT2D eigenvalue weighted by Gasteiger charge is -2.16. The maximum Gasteiger partial charge on any atom is 0.242 e. The Morgan fingerprint density at radius 2 is 1.92 bits per heavy atom. The lowest BCUT2D eigenvalue weighted by atomic mass is 10.3. The molecule has 136 valence electrons. The van der Waals surface area contributed by atoms with E-state index in [0.29, 0.717) is 12.2 Å². The van der Waals surface area contributed by atoms with Crippen LogP contribution >= 0.6 is 11.3 Å². The molecule has 0 spiro atoms. The smallest absolute Gasteiger partial charge is 0.242 e. The molecule has 0 saturated heterocycles. The maximum atomic E-state index is 12.2. The molecule has 1 aromatic heterocycles. The molecule has 25 heavy (non-hydrogen) atoms. The van der Waals surface area contributed by atoms with Crippen LogP contribution in [0.25, 0.3) is 0 Å². The second kappa shape index (κ2) is 8.09. The first-order chi connectivity index (χ1) is 11.7. The molecule has 0 radical (unpaired) electrons. The second-order valence-electron chi connectivity index (χ2n) is 6.06. The Bertz CT molecular complexity index is 844.